The van der Waals surface area contributed by atoms with Gasteiger partial charge in [0.15, 0.2) is 5.76 Å². The van der Waals surface area contributed by atoms with Crippen LogP contribution in [0, 0.1) is 18.8 Å². The Bertz CT molecular complexity index is 755. The number of aromatic nitrogens is 3. The van der Waals surface area contributed by atoms with E-state index in [-0.39, 0.29) is 11.8 Å². The summed E-state index contributed by atoms with van der Waals surface area (Å²) in [5.41, 5.74) is 2.32. The van der Waals surface area contributed by atoms with Crippen LogP contribution >= 0.6 is 0 Å². The summed E-state index contributed by atoms with van der Waals surface area (Å²) in [5.74, 6) is 2.03. The second-order valence-corrected chi connectivity index (χ2v) is 6.77. The van der Waals surface area contributed by atoms with Gasteiger partial charge in [-0.2, -0.15) is 0 Å². The molecule has 128 valence electrons. The first-order valence-corrected chi connectivity index (χ1v) is 8.08. The van der Waals surface area contributed by atoms with Crippen LogP contribution in [0.3, 0.4) is 0 Å². The maximum Gasteiger partial charge on any atom is 0.226 e. The van der Waals surface area contributed by atoms with Gasteiger partial charge in [0, 0.05) is 39.3 Å². The van der Waals surface area contributed by atoms with E-state index >= 15 is 0 Å². The lowest BCUT2D eigenvalue weighted by molar-refractivity contribution is -0.132. The summed E-state index contributed by atoms with van der Waals surface area (Å²) in [6.07, 6.45) is 2.71. The number of aryl methyl sites for hydroxylation is 1. The number of amides is 1. The van der Waals surface area contributed by atoms with Crippen molar-refractivity contribution in [2.24, 2.45) is 11.8 Å². The van der Waals surface area contributed by atoms with Crippen molar-refractivity contribution < 1.29 is 9.32 Å². The molecule has 0 unspecified atom stereocenters. The fourth-order valence-corrected chi connectivity index (χ4v) is 2.69. The van der Waals surface area contributed by atoms with E-state index in [1.54, 1.807) is 11.1 Å². The van der Waals surface area contributed by atoms with E-state index in [0.717, 1.165) is 23.4 Å². The second kappa shape index (κ2) is 6.22. The number of carbonyl (C=O) groups excluding carboxylic acids is 1. The zero-order valence-corrected chi connectivity index (χ0v) is 14.8. The summed E-state index contributed by atoms with van der Waals surface area (Å²) in [4.78, 5) is 25.0. The van der Waals surface area contributed by atoms with Gasteiger partial charge in [-0.25, -0.2) is 9.97 Å². The Morgan fingerprint density at radius 1 is 1.38 bits per heavy atom. The molecule has 0 bridgehead atoms. The van der Waals surface area contributed by atoms with E-state index in [2.05, 4.69) is 22.0 Å². The fraction of sp³-hybridized carbons (Fsp3) is 0.529. The molecule has 1 aliphatic rings. The lowest BCUT2D eigenvalue weighted by Crippen LogP contribution is -2.29. The van der Waals surface area contributed by atoms with Crippen LogP contribution in [-0.4, -0.2) is 47.1 Å². The zero-order chi connectivity index (χ0) is 17.4. The highest BCUT2D eigenvalue weighted by Crippen LogP contribution is 2.39. The summed E-state index contributed by atoms with van der Waals surface area (Å²) in [7, 11) is 5.59. The van der Waals surface area contributed by atoms with Gasteiger partial charge in [0.1, 0.15) is 0 Å². The molecule has 0 N–H and O–H groups in total. The summed E-state index contributed by atoms with van der Waals surface area (Å²) in [6, 6.07) is 1.85. The van der Waals surface area contributed by atoms with Crippen molar-refractivity contribution in [3.63, 3.8) is 0 Å². The van der Waals surface area contributed by atoms with Crippen molar-refractivity contribution in [3.8, 4) is 11.3 Å². The normalized spacial score (nSPS) is 19.2. The molecule has 2 heterocycles. The Kier molecular flexibility index (Phi) is 4.26. The van der Waals surface area contributed by atoms with Crippen molar-refractivity contribution >= 4 is 11.9 Å². The number of nitrogens with zero attached hydrogens (tertiary/aromatic N) is 5. The predicted molar refractivity (Wildman–Crippen MR) is 90.3 cm³/mol. The number of rotatable bonds is 5. The van der Waals surface area contributed by atoms with Crippen LogP contribution in [0.1, 0.15) is 24.7 Å². The molecule has 2 atom stereocenters. The fourth-order valence-electron chi connectivity index (χ4n) is 2.69. The standard InChI is InChI=1S/C17H23N5O2/c1-10-6-12(10)16(23)22(5)9-14-13(15-7-11(2)20-24-15)8-18-17(19-14)21(3)4/h7-8,10,12H,6,9H2,1-5H3/t10-,12-/m1/s1. The highest BCUT2D eigenvalue weighted by atomic mass is 16.5. The highest BCUT2D eigenvalue weighted by molar-refractivity contribution is 5.81. The molecule has 0 spiro atoms. The van der Waals surface area contributed by atoms with Gasteiger partial charge in [0.2, 0.25) is 11.9 Å². The maximum absolute atomic E-state index is 12.4. The van der Waals surface area contributed by atoms with Gasteiger partial charge in [-0.15, -0.1) is 0 Å². The smallest absolute Gasteiger partial charge is 0.226 e. The molecule has 0 aliphatic heterocycles. The Labute approximate surface area is 141 Å². The van der Waals surface area contributed by atoms with Crippen LogP contribution < -0.4 is 4.90 Å². The van der Waals surface area contributed by atoms with E-state index in [1.807, 2.05) is 39.0 Å². The minimum Gasteiger partial charge on any atom is -0.356 e. The Morgan fingerprint density at radius 3 is 2.62 bits per heavy atom. The summed E-state index contributed by atoms with van der Waals surface area (Å²) >= 11 is 0. The van der Waals surface area contributed by atoms with Crippen LogP contribution in [0.25, 0.3) is 11.3 Å². The largest absolute Gasteiger partial charge is 0.356 e. The number of anilines is 1. The molecular weight excluding hydrogens is 306 g/mol. The quantitative estimate of drug-likeness (QED) is 0.836. The van der Waals surface area contributed by atoms with Crippen LogP contribution in [0.4, 0.5) is 5.95 Å². The van der Waals surface area contributed by atoms with Gasteiger partial charge in [0.25, 0.3) is 0 Å². The summed E-state index contributed by atoms with van der Waals surface area (Å²) < 4.78 is 5.36. The molecule has 2 aromatic rings. The van der Waals surface area contributed by atoms with Crippen molar-refractivity contribution in [3.05, 3.63) is 23.7 Å². The van der Waals surface area contributed by atoms with Gasteiger partial charge in [-0.3, -0.25) is 4.79 Å². The van der Waals surface area contributed by atoms with Crippen molar-refractivity contribution in [2.75, 3.05) is 26.0 Å². The van der Waals surface area contributed by atoms with Gasteiger partial charge < -0.3 is 14.3 Å². The molecule has 0 aromatic carbocycles. The number of hydrogen-bond acceptors (Lipinski definition) is 6. The van der Waals surface area contributed by atoms with Crippen LogP contribution in [0.2, 0.25) is 0 Å². The van der Waals surface area contributed by atoms with E-state index in [1.165, 1.54) is 0 Å². The second-order valence-electron chi connectivity index (χ2n) is 6.77. The molecule has 0 saturated heterocycles. The molecule has 1 saturated carbocycles. The Morgan fingerprint density at radius 2 is 2.08 bits per heavy atom. The average molecular weight is 329 g/mol. The van der Waals surface area contributed by atoms with Crippen molar-refractivity contribution in [2.45, 2.75) is 26.8 Å². The SMILES string of the molecule is Cc1cc(-c2cnc(N(C)C)nc2CN(C)C(=O)[C@@H]2C[C@H]2C)on1. The van der Waals surface area contributed by atoms with E-state index in [9.17, 15) is 4.79 Å². The van der Waals surface area contributed by atoms with E-state index in [0.29, 0.717) is 24.2 Å². The minimum atomic E-state index is 0.154. The molecule has 2 aromatic heterocycles. The van der Waals surface area contributed by atoms with Gasteiger partial charge in [0.05, 0.1) is 23.5 Å². The topological polar surface area (TPSA) is 75.4 Å². The lowest BCUT2D eigenvalue weighted by Gasteiger charge is -2.19. The van der Waals surface area contributed by atoms with Crippen LogP contribution in [0.5, 0.6) is 0 Å². The van der Waals surface area contributed by atoms with E-state index in [4.69, 9.17) is 4.52 Å². The number of hydrogen-bond donors (Lipinski definition) is 0. The van der Waals surface area contributed by atoms with Crippen molar-refractivity contribution in [1.29, 1.82) is 0 Å². The summed E-state index contributed by atoms with van der Waals surface area (Å²) in [6.45, 7) is 4.39. The Balaban J connectivity index is 1.91. The zero-order valence-electron chi connectivity index (χ0n) is 14.8. The van der Waals surface area contributed by atoms with Gasteiger partial charge >= 0.3 is 0 Å². The molecule has 3 rings (SSSR count). The van der Waals surface area contributed by atoms with Crippen LogP contribution in [0.15, 0.2) is 16.8 Å². The Hall–Kier alpha value is -2.44. The lowest BCUT2D eigenvalue weighted by atomic mass is 10.1. The minimum absolute atomic E-state index is 0.154. The number of carbonyl (C=O) groups is 1. The van der Waals surface area contributed by atoms with Crippen molar-refractivity contribution in [1.82, 2.24) is 20.0 Å². The molecule has 24 heavy (non-hydrogen) atoms. The molecule has 7 heteroatoms. The predicted octanol–water partition coefficient (Wildman–Crippen LogP) is 2.12. The van der Waals surface area contributed by atoms with Crippen LogP contribution in [-0.2, 0) is 11.3 Å². The third-order valence-corrected chi connectivity index (χ3v) is 4.34. The molecule has 1 amide bonds. The summed E-state index contributed by atoms with van der Waals surface area (Å²) in [5, 5.41) is 3.93. The van der Waals surface area contributed by atoms with Gasteiger partial charge in [-0.1, -0.05) is 12.1 Å². The monoisotopic (exact) mass is 329 g/mol. The third-order valence-electron chi connectivity index (χ3n) is 4.34. The molecule has 1 aliphatic carbocycles. The molecular formula is C17H23N5O2. The molecule has 1 fully saturated rings. The van der Waals surface area contributed by atoms with E-state index < -0.39 is 0 Å². The average Bonchev–Trinajstić information content (AvgIpc) is 3.11. The molecule has 0 radical (unpaired) electrons. The molecule has 7 nitrogen and oxygen atoms in total. The maximum atomic E-state index is 12.4. The third kappa shape index (κ3) is 3.25. The first kappa shape index (κ1) is 16.4. The van der Waals surface area contributed by atoms with Gasteiger partial charge in [-0.05, 0) is 19.3 Å². The first-order chi connectivity index (χ1) is 11.4. The first-order valence-electron chi connectivity index (χ1n) is 8.08. The highest BCUT2D eigenvalue weighted by Gasteiger charge is 2.40.